The van der Waals surface area contributed by atoms with Crippen molar-refractivity contribution >= 4 is 29.0 Å². The topological polar surface area (TPSA) is 58.4 Å². The molecule has 1 saturated heterocycles. The van der Waals surface area contributed by atoms with Gasteiger partial charge >= 0.3 is 0 Å². The summed E-state index contributed by atoms with van der Waals surface area (Å²) in [5.74, 6) is 1.11. The van der Waals surface area contributed by atoms with Gasteiger partial charge in [0.25, 0.3) is 0 Å². The minimum atomic E-state index is 0.0240. The van der Waals surface area contributed by atoms with E-state index in [1.807, 2.05) is 36.9 Å². The van der Waals surface area contributed by atoms with Crippen molar-refractivity contribution in [2.24, 2.45) is 0 Å². The Bertz CT molecular complexity index is 502. The number of rotatable bonds is 3. The molecule has 1 aliphatic heterocycles. The van der Waals surface area contributed by atoms with Crippen molar-refractivity contribution in [3.8, 4) is 0 Å². The number of hydrogen-bond donors (Lipinski definition) is 2. The second kappa shape index (κ2) is 6.06. The lowest BCUT2D eigenvalue weighted by molar-refractivity contribution is -0.117. The molecular formula is C15H23N3OS. The molecule has 0 radical (unpaired) electrons. The molecule has 0 saturated carbocycles. The van der Waals surface area contributed by atoms with Crippen molar-refractivity contribution in [3.05, 3.63) is 23.8 Å². The first-order chi connectivity index (χ1) is 9.35. The fraction of sp³-hybridized carbons (Fsp3) is 0.533. The van der Waals surface area contributed by atoms with Gasteiger partial charge in [-0.05, 0) is 38.5 Å². The zero-order chi connectivity index (χ0) is 14.8. The average Bonchev–Trinajstić information content (AvgIpc) is 2.32. The van der Waals surface area contributed by atoms with Crippen LogP contribution in [0.4, 0.5) is 11.4 Å². The lowest BCUT2D eigenvalue weighted by Gasteiger charge is -2.37. The fourth-order valence-electron chi connectivity index (χ4n) is 2.37. The first kappa shape index (κ1) is 15.2. The summed E-state index contributed by atoms with van der Waals surface area (Å²) in [6.07, 6.45) is 0. The molecule has 3 N–H and O–H groups in total. The van der Waals surface area contributed by atoms with Crippen molar-refractivity contribution in [1.29, 1.82) is 0 Å². The minimum absolute atomic E-state index is 0.0240. The third-order valence-corrected chi connectivity index (χ3v) is 4.73. The molecule has 2 rings (SSSR count). The van der Waals surface area contributed by atoms with Crippen LogP contribution in [0.5, 0.6) is 0 Å². The van der Waals surface area contributed by atoms with Crippen molar-refractivity contribution in [1.82, 2.24) is 4.90 Å². The van der Waals surface area contributed by atoms with E-state index in [1.165, 1.54) is 0 Å². The summed E-state index contributed by atoms with van der Waals surface area (Å²) >= 11 is 1.97. The van der Waals surface area contributed by atoms with Gasteiger partial charge in [0.15, 0.2) is 0 Å². The Labute approximate surface area is 125 Å². The standard InChI is InChI=1S/C15H23N3OS/c1-11-4-5-12(8-13(11)16)17-14(19)9-18-6-7-20-15(2,3)10-18/h4-5,8H,6-7,9-10,16H2,1-3H3,(H,17,19). The molecule has 0 spiro atoms. The van der Waals surface area contributed by atoms with Crippen molar-refractivity contribution in [3.63, 3.8) is 0 Å². The Hall–Kier alpha value is -1.20. The summed E-state index contributed by atoms with van der Waals surface area (Å²) < 4.78 is 0.229. The van der Waals surface area contributed by atoms with E-state index in [9.17, 15) is 4.79 Å². The van der Waals surface area contributed by atoms with Gasteiger partial charge < -0.3 is 11.1 Å². The highest BCUT2D eigenvalue weighted by atomic mass is 32.2. The zero-order valence-electron chi connectivity index (χ0n) is 12.4. The van der Waals surface area contributed by atoms with E-state index in [0.717, 1.165) is 30.1 Å². The Balaban J connectivity index is 1.90. The molecule has 0 aromatic heterocycles. The van der Waals surface area contributed by atoms with E-state index >= 15 is 0 Å². The van der Waals surface area contributed by atoms with Gasteiger partial charge in [-0.15, -0.1) is 0 Å². The van der Waals surface area contributed by atoms with E-state index in [-0.39, 0.29) is 10.7 Å². The molecule has 4 nitrogen and oxygen atoms in total. The summed E-state index contributed by atoms with van der Waals surface area (Å²) in [5, 5.41) is 2.92. The zero-order valence-corrected chi connectivity index (χ0v) is 13.2. The van der Waals surface area contributed by atoms with Gasteiger partial charge in [0.2, 0.25) is 5.91 Å². The smallest absolute Gasteiger partial charge is 0.238 e. The molecule has 1 aliphatic rings. The largest absolute Gasteiger partial charge is 0.398 e. The number of anilines is 2. The maximum atomic E-state index is 12.1. The molecule has 1 aromatic carbocycles. The van der Waals surface area contributed by atoms with Gasteiger partial charge in [0.05, 0.1) is 6.54 Å². The lowest BCUT2D eigenvalue weighted by Crippen LogP contribution is -2.46. The minimum Gasteiger partial charge on any atom is -0.398 e. The molecule has 0 bridgehead atoms. The van der Waals surface area contributed by atoms with Crippen LogP contribution in [0.25, 0.3) is 0 Å². The molecular weight excluding hydrogens is 270 g/mol. The van der Waals surface area contributed by atoms with Gasteiger partial charge in [-0.1, -0.05) is 6.07 Å². The highest BCUT2D eigenvalue weighted by Crippen LogP contribution is 2.29. The Morgan fingerprint density at radius 3 is 2.90 bits per heavy atom. The SMILES string of the molecule is Cc1ccc(NC(=O)CN2CCSC(C)(C)C2)cc1N. The number of nitrogens with two attached hydrogens (primary N) is 1. The number of nitrogen functional groups attached to an aromatic ring is 1. The van der Waals surface area contributed by atoms with Gasteiger partial charge in [-0.25, -0.2) is 0 Å². The Morgan fingerprint density at radius 1 is 1.50 bits per heavy atom. The second-order valence-electron chi connectivity index (χ2n) is 5.94. The predicted octanol–water partition coefficient (Wildman–Crippen LogP) is 2.34. The van der Waals surface area contributed by atoms with E-state index in [2.05, 4.69) is 24.1 Å². The number of thioether (sulfide) groups is 1. The Morgan fingerprint density at radius 2 is 2.25 bits per heavy atom. The van der Waals surface area contributed by atoms with E-state index < -0.39 is 0 Å². The average molecular weight is 293 g/mol. The van der Waals surface area contributed by atoms with Crippen LogP contribution in [-0.4, -0.2) is 40.9 Å². The van der Waals surface area contributed by atoms with Crippen LogP contribution in [0.15, 0.2) is 18.2 Å². The van der Waals surface area contributed by atoms with Crippen LogP contribution in [-0.2, 0) is 4.79 Å². The molecule has 1 aromatic rings. The fourth-order valence-corrected chi connectivity index (χ4v) is 3.55. The third-order valence-electron chi connectivity index (χ3n) is 3.43. The molecule has 0 unspecified atom stereocenters. The number of nitrogens with zero attached hydrogens (tertiary/aromatic N) is 1. The molecule has 110 valence electrons. The number of carbonyl (C=O) groups is 1. The molecule has 0 atom stereocenters. The van der Waals surface area contributed by atoms with Crippen LogP contribution in [0.3, 0.4) is 0 Å². The number of carbonyl (C=O) groups excluding carboxylic acids is 1. The highest BCUT2D eigenvalue weighted by molar-refractivity contribution is 8.00. The normalized spacial score (nSPS) is 18.8. The first-order valence-corrected chi connectivity index (χ1v) is 7.87. The monoisotopic (exact) mass is 293 g/mol. The summed E-state index contributed by atoms with van der Waals surface area (Å²) in [5.41, 5.74) is 8.35. The van der Waals surface area contributed by atoms with E-state index in [1.54, 1.807) is 0 Å². The van der Waals surface area contributed by atoms with Crippen LogP contribution in [0.1, 0.15) is 19.4 Å². The van der Waals surface area contributed by atoms with Gasteiger partial charge in [-0.3, -0.25) is 9.69 Å². The predicted molar refractivity (Wildman–Crippen MR) is 87.2 cm³/mol. The summed E-state index contributed by atoms with van der Waals surface area (Å²) in [4.78, 5) is 14.3. The van der Waals surface area contributed by atoms with E-state index in [0.29, 0.717) is 12.2 Å². The number of nitrogens with one attached hydrogen (secondary N) is 1. The van der Waals surface area contributed by atoms with Crippen molar-refractivity contribution < 1.29 is 4.79 Å². The van der Waals surface area contributed by atoms with Crippen molar-refractivity contribution in [2.45, 2.75) is 25.5 Å². The highest BCUT2D eigenvalue weighted by Gasteiger charge is 2.27. The number of amides is 1. The lowest BCUT2D eigenvalue weighted by atomic mass is 10.2. The van der Waals surface area contributed by atoms with Crippen LogP contribution >= 0.6 is 11.8 Å². The molecule has 20 heavy (non-hydrogen) atoms. The summed E-state index contributed by atoms with van der Waals surface area (Å²) in [6.45, 7) is 8.76. The maximum absolute atomic E-state index is 12.1. The van der Waals surface area contributed by atoms with Crippen LogP contribution in [0, 0.1) is 6.92 Å². The van der Waals surface area contributed by atoms with Crippen LogP contribution < -0.4 is 11.1 Å². The number of aryl methyl sites for hydroxylation is 1. The summed E-state index contributed by atoms with van der Waals surface area (Å²) in [6, 6.07) is 5.62. The van der Waals surface area contributed by atoms with Gasteiger partial charge in [0.1, 0.15) is 0 Å². The molecule has 1 amide bonds. The van der Waals surface area contributed by atoms with Crippen molar-refractivity contribution in [2.75, 3.05) is 36.4 Å². The second-order valence-corrected chi connectivity index (χ2v) is 7.74. The quantitative estimate of drug-likeness (QED) is 0.840. The Kier molecular flexibility index (Phi) is 4.60. The van der Waals surface area contributed by atoms with Gasteiger partial charge in [0, 0.05) is 35.0 Å². The summed E-state index contributed by atoms with van der Waals surface area (Å²) in [7, 11) is 0. The van der Waals surface area contributed by atoms with Gasteiger partial charge in [-0.2, -0.15) is 11.8 Å². The van der Waals surface area contributed by atoms with Crippen LogP contribution in [0.2, 0.25) is 0 Å². The third kappa shape index (κ3) is 4.15. The number of benzene rings is 1. The molecule has 0 aliphatic carbocycles. The van der Waals surface area contributed by atoms with E-state index in [4.69, 9.17) is 5.73 Å². The molecule has 1 fully saturated rings. The number of hydrogen-bond acceptors (Lipinski definition) is 4. The first-order valence-electron chi connectivity index (χ1n) is 6.88. The maximum Gasteiger partial charge on any atom is 0.238 e. The molecule has 1 heterocycles. The molecule has 5 heteroatoms.